The number of carbonyl (C=O) groups excluding carboxylic acids is 1. The summed E-state index contributed by atoms with van der Waals surface area (Å²) in [6.45, 7) is 7.62. The third-order valence-corrected chi connectivity index (χ3v) is 4.16. The molecule has 0 aromatic carbocycles. The Kier molecular flexibility index (Phi) is 5.96. The van der Waals surface area contributed by atoms with E-state index in [4.69, 9.17) is 5.11 Å². The van der Waals surface area contributed by atoms with Crippen molar-refractivity contribution in [2.24, 2.45) is 16.7 Å². The average Bonchev–Trinajstić information content (AvgIpc) is 2.37. The molecule has 4 heteroatoms. The fourth-order valence-corrected chi connectivity index (χ4v) is 2.68. The molecule has 0 aromatic heterocycles. The predicted octanol–water partition coefficient (Wildman–Crippen LogP) is 1.35. The van der Waals surface area contributed by atoms with Gasteiger partial charge in [-0.15, -0.1) is 0 Å². The number of ketones is 1. The number of hydrogen-bond donors (Lipinski definition) is 3. The standard InChI is InChI=1S/C15H29NO3/c1-14(2,3)10-16-8-13(19)15(11-18)6-4-12(9-17)5-7-15/h12,16-18H,4-11H2,1-3H3. The predicted molar refractivity (Wildman–Crippen MR) is 75.9 cm³/mol. The zero-order valence-electron chi connectivity index (χ0n) is 12.5. The molecule has 0 atom stereocenters. The molecule has 1 fully saturated rings. The van der Waals surface area contributed by atoms with Gasteiger partial charge < -0.3 is 15.5 Å². The molecule has 0 radical (unpaired) electrons. The molecule has 0 aliphatic heterocycles. The highest BCUT2D eigenvalue weighted by Gasteiger charge is 2.40. The SMILES string of the molecule is CC(C)(C)CNCC(=O)C1(CO)CCC(CO)CC1. The third-order valence-electron chi connectivity index (χ3n) is 4.16. The van der Waals surface area contributed by atoms with Gasteiger partial charge in [-0.1, -0.05) is 20.8 Å². The van der Waals surface area contributed by atoms with Crippen LogP contribution >= 0.6 is 0 Å². The van der Waals surface area contributed by atoms with Crippen molar-refractivity contribution >= 4 is 5.78 Å². The van der Waals surface area contributed by atoms with E-state index in [-0.39, 0.29) is 24.4 Å². The van der Waals surface area contributed by atoms with Crippen LogP contribution < -0.4 is 5.32 Å². The van der Waals surface area contributed by atoms with Crippen molar-refractivity contribution in [3.05, 3.63) is 0 Å². The molecule has 1 rings (SSSR count). The normalized spacial score (nSPS) is 28.4. The Morgan fingerprint density at radius 3 is 2.26 bits per heavy atom. The van der Waals surface area contributed by atoms with Gasteiger partial charge in [0.1, 0.15) is 0 Å². The maximum atomic E-state index is 12.3. The summed E-state index contributed by atoms with van der Waals surface area (Å²) in [7, 11) is 0. The monoisotopic (exact) mass is 271 g/mol. The lowest BCUT2D eigenvalue weighted by Gasteiger charge is -2.37. The second-order valence-corrected chi connectivity index (χ2v) is 7.15. The van der Waals surface area contributed by atoms with E-state index in [9.17, 15) is 9.90 Å². The lowest BCUT2D eigenvalue weighted by atomic mass is 9.68. The van der Waals surface area contributed by atoms with Crippen LogP contribution in [0.25, 0.3) is 0 Å². The summed E-state index contributed by atoms with van der Waals surface area (Å²) in [6.07, 6.45) is 3.07. The number of aliphatic hydroxyl groups is 2. The first-order valence-corrected chi connectivity index (χ1v) is 7.29. The van der Waals surface area contributed by atoms with Crippen molar-refractivity contribution in [2.75, 3.05) is 26.3 Å². The lowest BCUT2D eigenvalue weighted by molar-refractivity contribution is -0.133. The molecule has 4 nitrogen and oxygen atoms in total. The van der Waals surface area contributed by atoms with Gasteiger partial charge in [-0.2, -0.15) is 0 Å². The van der Waals surface area contributed by atoms with Gasteiger partial charge in [0.15, 0.2) is 5.78 Å². The first-order valence-electron chi connectivity index (χ1n) is 7.29. The van der Waals surface area contributed by atoms with E-state index < -0.39 is 5.41 Å². The number of carbonyl (C=O) groups is 1. The molecule has 0 heterocycles. The lowest BCUT2D eigenvalue weighted by Crippen LogP contribution is -2.44. The van der Waals surface area contributed by atoms with E-state index in [0.29, 0.717) is 25.3 Å². The Morgan fingerprint density at radius 2 is 1.84 bits per heavy atom. The minimum Gasteiger partial charge on any atom is -0.396 e. The van der Waals surface area contributed by atoms with Crippen LogP contribution in [0.2, 0.25) is 0 Å². The Morgan fingerprint density at radius 1 is 1.26 bits per heavy atom. The van der Waals surface area contributed by atoms with Crippen LogP contribution in [-0.2, 0) is 4.79 Å². The maximum absolute atomic E-state index is 12.3. The van der Waals surface area contributed by atoms with Gasteiger partial charge in [0.05, 0.1) is 18.6 Å². The van der Waals surface area contributed by atoms with E-state index in [1.807, 2.05) is 0 Å². The largest absolute Gasteiger partial charge is 0.396 e. The fourth-order valence-electron chi connectivity index (χ4n) is 2.68. The van der Waals surface area contributed by atoms with Crippen LogP contribution in [0.15, 0.2) is 0 Å². The van der Waals surface area contributed by atoms with Crippen molar-refractivity contribution < 1.29 is 15.0 Å². The van der Waals surface area contributed by atoms with Crippen LogP contribution in [0.1, 0.15) is 46.5 Å². The van der Waals surface area contributed by atoms with E-state index >= 15 is 0 Å². The molecule has 1 aliphatic rings. The smallest absolute Gasteiger partial charge is 0.155 e. The molecule has 19 heavy (non-hydrogen) atoms. The minimum absolute atomic E-state index is 0.0683. The first kappa shape index (κ1) is 16.6. The third kappa shape index (κ3) is 4.86. The number of hydrogen-bond acceptors (Lipinski definition) is 4. The van der Waals surface area contributed by atoms with Crippen LogP contribution in [0.3, 0.4) is 0 Å². The molecule has 3 N–H and O–H groups in total. The number of aliphatic hydroxyl groups excluding tert-OH is 2. The van der Waals surface area contributed by atoms with Crippen LogP contribution in [0.5, 0.6) is 0 Å². The van der Waals surface area contributed by atoms with Gasteiger partial charge in [-0.3, -0.25) is 4.79 Å². The van der Waals surface area contributed by atoms with E-state index in [1.54, 1.807) is 0 Å². The van der Waals surface area contributed by atoms with Crippen molar-refractivity contribution in [1.29, 1.82) is 0 Å². The zero-order valence-corrected chi connectivity index (χ0v) is 12.5. The Hall–Kier alpha value is -0.450. The van der Waals surface area contributed by atoms with Crippen molar-refractivity contribution in [1.82, 2.24) is 5.32 Å². The van der Waals surface area contributed by atoms with E-state index in [0.717, 1.165) is 19.4 Å². The summed E-state index contributed by atoms with van der Waals surface area (Å²) in [5.41, 5.74) is -0.419. The number of Topliss-reactive ketones (excluding diaryl/α,β-unsaturated/α-hetero) is 1. The Bertz CT molecular complexity index is 288. The van der Waals surface area contributed by atoms with Crippen LogP contribution in [-0.4, -0.2) is 42.3 Å². The van der Waals surface area contributed by atoms with Gasteiger partial charge in [0.25, 0.3) is 0 Å². The summed E-state index contributed by atoms with van der Waals surface area (Å²) in [6, 6.07) is 0. The molecule has 1 saturated carbocycles. The number of nitrogens with one attached hydrogen (secondary N) is 1. The number of rotatable bonds is 6. The summed E-state index contributed by atoms with van der Waals surface area (Å²) in [5.74, 6) is 0.422. The second kappa shape index (κ2) is 6.82. The van der Waals surface area contributed by atoms with Crippen LogP contribution in [0, 0.1) is 16.7 Å². The topological polar surface area (TPSA) is 69.6 Å². The molecule has 1 aliphatic carbocycles. The molecular formula is C15H29NO3. The second-order valence-electron chi connectivity index (χ2n) is 7.15. The highest BCUT2D eigenvalue weighted by Crippen LogP contribution is 2.39. The molecule has 112 valence electrons. The summed E-state index contributed by atoms with van der Waals surface area (Å²) in [5, 5.41) is 22.0. The Balaban J connectivity index is 2.48. The minimum atomic E-state index is -0.573. The quantitative estimate of drug-likeness (QED) is 0.682. The van der Waals surface area contributed by atoms with Crippen molar-refractivity contribution in [2.45, 2.75) is 46.5 Å². The van der Waals surface area contributed by atoms with Gasteiger partial charge in [-0.05, 0) is 37.0 Å². The maximum Gasteiger partial charge on any atom is 0.155 e. The van der Waals surface area contributed by atoms with Crippen LogP contribution in [0.4, 0.5) is 0 Å². The molecule has 0 unspecified atom stereocenters. The summed E-state index contributed by atoms with van der Waals surface area (Å²) >= 11 is 0. The van der Waals surface area contributed by atoms with Crippen molar-refractivity contribution in [3.63, 3.8) is 0 Å². The van der Waals surface area contributed by atoms with Gasteiger partial charge in [0, 0.05) is 13.2 Å². The Labute approximate surface area is 116 Å². The molecule has 0 saturated heterocycles. The molecule has 0 spiro atoms. The molecule has 0 amide bonds. The molecule has 0 aromatic rings. The van der Waals surface area contributed by atoms with E-state index in [1.165, 1.54) is 0 Å². The average molecular weight is 271 g/mol. The fraction of sp³-hybridized carbons (Fsp3) is 0.933. The highest BCUT2D eigenvalue weighted by molar-refractivity contribution is 5.86. The molecule has 0 bridgehead atoms. The van der Waals surface area contributed by atoms with E-state index in [2.05, 4.69) is 26.1 Å². The first-order chi connectivity index (χ1) is 8.83. The van der Waals surface area contributed by atoms with Gasteiger partial charge in [0.2, 0.25) is 0 Å². The van der Waals surface area contributed by atoms with Gasteiger partial charge >= 0.3 is 0 Å². The van der Waals surface area contributed by atoms with Crippen molar-refractivity contribution in [3.8, 4) is 0 Å². The summed E-state index contributed by atoms with van der Waals surface area (Å²) < 4.78 is 0. The van der Waals surface area contributed by atoms with Gasteiger partial charge in [-0.25, -0.2) is 0 Å². The highest BCUT2D eigenvalue weighted by atomic mass is 16.3. The molecular weight excluding hydrogens is 242 g/mol. The summed E-state index contributed by atoms with van der Waals surface area (Å²) in [4.78, 5) is 12.3. The zero-order chi connectivity index (χ0) is 14.5.